The number of benzene rings is 2. The van der Waals surface area contributed by atoms with E-state index in [-0.39, 0.29) is 6.04 Å². The Balaban J connectivity index is 1.64. The summed E-state index contributed by atoms with van der Waals surface area (Å²) in [5.74, 6) is 0.204. The first-order valence-corrected chi connectivity index (χ1v) is 8.86. The highest BCUT2D eigenvalue weighted by molar-refractivity contribution is 5.94. The van der Waals surface area contributed by atoms with Gasteiger partial charge in [0.25, 0.3) is 5.91 Å². The third kappa shape index (κ3) is 3.43. The van der Waals surface area contributed by atoms with Gasteiger partial charge in [0.15, 0.2) is 0 Å². The molecule has 1 atom stereocenters. The number of hydrogen-bond acceptors (Lipinski definition) is 5. The van der Waals surface area contributed by atoms with Gasteiger partial charge in [-0.15, -0.1) is 0 Å². The molecule has 4 rings (SSSR count). The van der Waals surface area contributed by atoms with Crippen LogP contribution in [-0.4, -0.2) is 26.1 Å². The van der Waals surface area contributed by atoms with Crippen molar-refractivity contribution in [2.24, 2.45) is 0 Å². The number of carbonyl (C=O) groups is 1. The van der Waals surface area contributed by atoms with Crippen molar-refractivity contribution in [3.05, 3.63) is 78.1 Å². The number of hydrogen-bond donors (Lipinski definition) is 4. The standard InChI is InChI=1S/C21H19N5O2/c1-13(14-5-3-2-4-6-14)24-19-17-11-18(25-20(17)23-12-22-19)15-7-9-16(10-8-15)21(27)26-28/h2-13,28H,1H3,(H,26,27)(H2,22,23,24,25). The molecule has 0 aliphatic heterocycles. The lowest BCUT2D eigenvalue weighted by atomic mass is 10.1. The van der Waals surface area contributed by atoms with Gasteiger partial charge >= 0.3 is 0 Å². The fourth-order valence-corrected chi connectivity index (χ4v) is 3.11. The summed E-state index contributed by atoms with van der Waals surface area (Å²) in [5.41, 5.74) is 5.66. The van der Waals surface area contributed by atoms with Crippen molar-refractivity contribution in [2.75, 3.05) is 5.32 Å². The van der Waals surface area contributed by atoms with Crippen molar-refractivity contribution < 1.29 is 10.0 Å². The lowest BCUT2D eigenvalue weighted by Crippen LogP contribution is -2.18. The van der Waals surface area contributed by atoms with Gasteiger partial charge in [0.1, 0.15) is 17.8 Å². The number of rotatable bonds is 5. The summed E-state index contributed by atoms with van der Waals surface area (Å²) in [4.78, 5) is 23.5. The fraction of sp³-hybridized carbons (Fsp3) is 0.0952. The minimum atomic E-state index is -0.546. The van der Waals surface area contributed by atoms with E-state index in [1.807, 2.05) is 36.4 Å². The molecule has 0 fully saturated rings. The van der Waals surface area contributed by atoms with Crippen LogP contribution in [0.15, 0.2) is 67.0 Å². The number of nitrogens with zero attached hydrogens (tertiary/aromatic N) is 2. The number of nitrogens with one attached hydrogen (secondary N) is 3. The van der Waals surface area contributed by atoms with E-state index in [1.54, 1.807) is 17.6 Å². The molecule has 1 unspecified atom stereocenters. The lowest BCUT2D eigenvalue weighted by molar-refractivity contribution is 0.0706. The number of H-pyrrole nitrogens is 1. The SMILES string of the molecule is CC(Nc1ncnc2[nH]c(-c3ccc(C(=O)NO)cc3)cc12)c1ccccc1. The molecule has 0 saturated heterocycles. The van der Waals surface area contributed by atoms with E-state index in [0.29, 0.717) is 5.56 Å². The summed E-state index contributed by atoms with van der Waals surface area (Å²) in [6, 6.07) is 19.1. The first-order valence-electron chi connectivity index (χ1n) is 8.86. The molecule has 0 aliphatic carbocycles. The molecule has 4 N–H and O–H groups in total. The maximum Gasteiger partial charge on any atom is 0.274 e. The highest BCUT2D eigenvalue weighted by Gasteiger charge is 2.13. The minimum absolute atomic E-state index is 0.0916. The van der Waals surface area contributed by atoms with E-state index < -0.39 is 5.91 Å². The molecule has 2 heterocycles. The summed E-state index contributed by atoms with van der Waals surface area (Å²) in [6.45, 7) is 2.09. The van der Waals surface area contributed by atoms with Gasteiger partial charge in [-0.2, -0.15) is 0 Å². The van der Waals surface area contributed by atoms with Crippen LogP contribution in [-0.2, 0) is 0 Å². The Kier molecular flexibility index (Phi) is 4.74. The smallest absolute Gasteiger partial charge is 0.274 e. The zero-order valence-corrected chi connectivity index (χ0v) is 15.2. The van der Waals surface area contributed by atoms with Gasteiger partial charge in [-0.3, -0.25) is 10.0 Å². The molecule has 28 heavy (non-hydrogen) atoms. The van der Waals surface area contributed by atoms with Crippen LogP contribution < -0.4 is 10.8 Å². The van der Waals surface area contributed by atoms with Gasteiger partial charge < -0.3 is 10.3 Å². The number of aromatic nitrogens is 3. The van der Waals surface area contributed by atoms with Crippen molar-refractivity contribution in [1.29, 1.82) is 0 Å². The monoisotopic (exact) mass is 373 g/mol. The van der Waals surface area contributed by atoms with Crippen LogP contribution >= 0.6 is 0 Å². The van der Waals surface area contributed by atoms with Gasteiger partial charge in [0.2, 0.25) is 0 Å². The molecule has 1 amide bonds. The van der Waals surface area contributed by atoms with E-state index in [4.69, 9.17) is 5.21 Å². The fourth-order valence-electron chi connectivity index (χ4n) is 3.11. The van der Waals surface area contributed by atoms with Crippen molar-refractivity contribution in [2.45, 2.75) is 13.0 Å². The third-order valence-electron chi connectivity index (χ3n) is 4.64. The second kappa shape index (κ2) is 7.50. The molecular formula is C21H19N5O2. The average molecular weight is 373 g/mol. The first kappa shape index (κ1) is 17.7. The summed E-state index contributed by atoms with van der Waals surface area (Å²) in [5, 5.41) is 13.1. The Labute approximate surface area is 161 Å². The first-order chi connectivity index (χ1) is 13.7. The number of hydroxylamine groups is 1. The van der Waals surface area contributed by atoms with Crippen LogP contribution in [0.1, 0.15) is 28.9 Å². The van der Waals surface area contributed by atoms with Crippen LogP contribution in [0.3, 0.4) is 0 Å². The summed E-state index contributed by atoms with van der Waals surface area (Å²) in [6.07, 6.45) is 1.53. The van der Waals surface area contributed by atoms with Crippen molar-refractivity contribution in [3.8, 4) is 11.3 Å². The molecule has 7 heteroatoms. The van der Waals surface area contributed by atoms with Crippen LogP contribution in [0.25, 0.3) is 22.3 Å². The van der Waals surface area contributed by atoms with Gasteiger partial charge in [-0.25, -0.2) is 15.4 Å². The van der Waals surface area contributed by atoms with E-state index >= 15 is 0 Å². The molecular weight excluding hydrogens is 354 g/mol. The van der Waals surface area contributed by atoms with Gasteiger partial charge in [0, 0.05) is 17.3 Å². The van der Waals surface area contributed by atoms with E-state index in [0.717, 1.165) is 28.1 Å². The number of amides is 1. The highest BCUT2D eigenvalue weighted by atomic mass is 16.5. The largest absolute Gasteiger partial charge is 0.363 e. The van der Waals surface area contributed by atoms with Gasteiger partial charge in [-0.1, -0.05) is 42.5 Å². The van der Waals surface area contributed by atoms with E-state index in [1.165, 1.54) is 11.9 Å². The second-order valence-electron chi connectivity index (χ2n) is 6.46. The molecule has 2 aromatic carbocycles. The highest BCUT2D eigenvalue weighted by Crippen LogP contribution is 2.29. The normalized spacial score (nSPS) is 11.9. The Hall–Kier alpha value is -3.71. The van der Waals surface area contributed by atoms with Crippen LogP contribution in [0.5, 0.6) is 0 Å². The van der Waals surface area contributed by atoms with Crippen LogP contribution in [0, 0.1) is 0 Å². The van der Waals surface area contributed by atoms with Crippen LogP contribution in [0.4, 0.5) is 5.82 Å². The minimum Gasteiger partial charge on any atom is -0.363 e. The van der Waals surface area contributed by atoms with Crippen molar-refractivity contribution >= 4 is 22.8 Å². The van der Waals surface area contributed by atoms with Crippen LogP contribution in [0.2, 0.25) is 0 Å². The van der Waals surface area contributed by atoms with E-state index in [9.17, 15) is 4.79 Å². The predicted octanol–water partition coefficient (Wildman–Crippen LogP) is 3.92. The molecule has 0 bridgehead atoms. The van der Waals surface area contributed by atoms with Crippen molar-refractivity contribution in [3.63, 3.8) is 0 Å². The Morgan fingerprint density at radius 1 is 1.07 bits per heavy atom. The molecule has 0 saturated carbocycles. The Morgan fingerprint density at radius 3 is 2.54 bits per heavy atom. The summed E-state index contributed by atoms with van der Waals surface area (Å²) < 4.78 is 0. The Morgan fingerprint density at radius 2 is 1.82 bits per heavy atom. The molecule has 0 spiro atoms. The zero-order chi connectivity index (χ0) is 19.5. The van der Waals surface area contributed by atoms with Gasteiger partial charge in [0.05, 0.1) is 5.39 Å². The third-order valence-corrected chi connectivity index (χ3v) is 4.64. The lowest BCUT2D eigenvalue weighted by Gasteiger charge is -2.15. The molecule has 0 radical (unpaired) electrons. The summed E-state index contributed by atoms with van der Waals surface area (Å²) in [7, 11) is 0. The number of fused-ring (bicyclic) bond motifs is 1. The molecule has 140 valence electrons. The number of anilines is 1. The molecule has 0 aliphatic rings. The molecule has 7 nitrogen and oxygen atoms in total. The topological polar surface area (TPSA) is 103 Å². The maximum absolute atomic E-state index is 11.5. The van der Waals surface area contributed by atoms with Gasteiger partial charge in [-0.05, 0) is 36.2 Å². The zero-order valence-electron chi connectivity index (χ0n) is 15.2. The van der Waals surface area contributed by atoms with Crippen molar-refractivity contribution in [1.82, 2.24) is 20.4 Å². The summed E-state index contributed by atoms with van der Waals surface area (Å²) >= 11 is 0. The quantitative estimate of drug-likeness (QED) is 0.314. The Bertz CT molecular complexity index is 1110. The maximum atomic E-state index is 11.5. The van der Waals surface area contributed by atoms with E-state index in [2.05, 4.69) is 39.3 Å². The number of carbonyl (C=O) groups excluding carboxylic acids is 1. The second-order valence-corrected chi connectivity index (χ2v) is 6.46. The molecule has 4 aromatic rings. The molecule has 2 aromatic heterocycles. The number of aromatic amines is 1. The predicted molar refractivity (Wildman–Crippen MR) is 107 cm³/mol. The average Bonchev–Trinajstić information content (AvgIpc) is 3.19.